The van der Waals surface area contributed by atoms with Gasteiger partial charge in [-0.1, -0.05) is 54.6 Å². The molecule has 2 aliphatic rings. The van der Waals surface area contributed by atoms with E-state index in [1.165, 1.54) is 5.56 Å². The zero-order chi connectivity index (χ0) is 16.4. The summed E-state index contributed by atoms with van der Waals surface area (Å²) in [4.78, 5) is 4.44. The van der Waals surface area contributed by atoms with Crippen molar-refractivity contribution in [2.24, 2.45) is 4.99 Å². The third-order valence-corrected chi connectivity index (χ3v) is 4.89. The molecule has 1 saturated heterocycles. The Morgan fingerprint density at radius 2 is 1.79 bits per heavy atom. The first-order chi connectivity index (χ1) is 11.7. The molecule has 4 nitrogen and oxygen atoms in total. The average molecular weight is 322 g/mol. The zero-order valence-electron chi connectivity index (χ0n) is 13.6. The highest BCUT2D eigenvalue weighted by Gasteiger charge is 2.39. The number of hydrogen-bond donors (Lipinski definition) is 2. The lowest BCUT2D eigenvalue weighted by Gasteiger charge is -2.37. The van der Waals surface area contributed by atoms with Gasteiger partial charge in [0.25, 0.3) is 0 Å². The highest BCUT2D eigenvalue weighted by atomic mass is 16.5. The van der Waals surface area contributed by atoms with Gasteiger partial charge in [-0.2, -0.15) is 0 Å². The van der Waals surface area contributed by atoms with Crippen LogP contribution in [0.1, 0.15) is 18.4 Å². The van der Waals surface area contributed by atoms with E-state index in [1.807, 2.05) is 30.3 Å². The molecule has 0 aromatic heterocycles. The van der Waals surface area contributed by atoms with Crippen molar-refractivity contribution in [1.29, 1.82) is 0 Å². The molecule has 4 rings (SSSR count). The lowest BCUT2D eigenvalue weighted by atomic mass is 9.83. The van der Waals surface area contributed by atoms with Gasteiger partial charge >= 0.3 is 0 Å². The molecule has 2 N–H and O–H groups in total. The summed E-state index contributed by atoms with van der Waals surface area (Å²) in [6.45, 7) is 2.20. The monoisotopic (exact) mass is 322 g/mol. The molecule has 2 heterocycles. The fourth-order valence-electron chi connectivity index (χ4n) is 3.51. The zero-order valence-corrected chi connectivity index (χ0v) is 13.6. The SMILES string of the molecule is O[C@@]1(c2ccc(-c3ccccc3)cc2)CCOC(C2=NCCN2)C1. The van der Waals surface area contributed by atoms with Crippen molar-refractivity contribution in [2.75, 3.05) is 19.7 Å². The van der Waals surface area contributed by atoms with Gasteiger partial charge in [0.15, 0.2) is 0 Å². The minimum absolute atomic E-state index is 0.139. The Bertz CT molecular complexity index is 727. The van der Waals surface area contributed by atoms with Gasteiger partial charge in [-0.25, -0.2) is 0 Å². The summed E-state index contributed by atoms with van der Waals surface area (Å²) in [5, 5.41) is 14.4. The number of nitrogens with zero attached hydrogens (tertiary/aromatic N) is 1. The summed E-state index contributed by atoms with van der Waals surface area (Å²) >= 11 is 0. The van der Waals surface area contributed by atoms with Crippen molar-refractivity contribution >= 4 is 5.84 Å². The van der Waals surface area contributed by atoms with Crippen molar-refractivity contribution in [2.45, 2.75) is 24.5 Å². The van der Waals surface area contributed by atoms with Crippen LogP contribution in [-0.4, -0.2) is 36.7 Å². The summed E-state index contributed by atoms with van der Waals surface area (Å²) in [6.07, 6.45) is 1.02. The van der Waals surface area contributed by atoms with E-state index in [1.54, 1.807) is 0 Å². The summed E-state index contributed by atoms with van der Waals surface area (Å²) in [7, 11) is 0. The van der Waals surface area contributed by atoms with Crippen molar-refractivity contribution < 1.29 is 9.84 Å². The maximum atomic E-state index is 11.2. The number of aliphatic hydroxyl groups is 1. The number of ether oxygens (including phenoxy) is 1. The van der Waals surface area contributed by atoms with E-state index in [-0.39, 0.29) is 6.10 Å². The first-order valence-corrected chi connectivity index (χ1v) is 8.53. The minimum Gasteiger partial charge on any atom is -0.385 e. The second-order valence-electron chi connectivity index (χ2n) is 6.48. The molecule has 1 unspecified atom stereocenters. The highest BCUT2D eigenvalue weighted by Crippen LogP contribution is 2.36. The minimum atomic E-state index is -0.856. The van der Waals surface area contributed by atoms with E-state index in [2.05, 4.69) is 34.6 Å². The van der Waals surface area contributed by atoms with E-state index in [0.29, 0.717) is 19.4 Å². The Morgan fingerprint density at radius 3 is 2.50 bits per heavy atom. The molecule has 4 heteroatoms. The lowest BCUT2D eigenvalue weighted by Crippen LogP contribution is -2.45. The van der Waals surface area contributed by atoms with E-state index in [0.717, 1.165) is 30.1 Å². The Balaban J connectivity index is 1.55. The molecule has 2 aliphatic heterocycles. The van der Waals surface area contributed by atoms with Crippen molar-refractivity contribution in [3.8, 4) is 11.1 Å². The predicted octanol–water partition coefficient (Wildman–Crippen LogP) is 2.72. The summed E-state index contributed by atoms with van der Waals surface area (Å²) < 4.78 is 5.82. The first kappa shape index (κ1) is 15.4. The van der Waals surface area contributed by atoms with Gasteiger partial charge in [0.05, 0.1) is 18.8 Å². The molecule has 0 bridgehead atoms. The van der Waals surface area contributed by atoms with Crippen LogP contribution in [0.15, 0.2) is 59.6 Å². The maximum absolute atomic E-state index is 11.2. The third-order valence-electron chi connectivity index (χ3n) is 4.89. The second-order valence-corrected chi connectivity index (χ2v) is 6.48. The van der Waals surface area contributed by atoms with Crippen LogP contribution in [0.25, 0.3) is 11.1 Å². The number of amidine groups is 1. The molecule has 0 radical (unpaired) electrons. The van der Waals surface area contributed by atoms with E-state index >= 15 is 0 Å². The van der Waals surface area contributed by atoms with Gasteiger partial charge in [0.2, 0.25) is 0 Å². The second kappa shape index (κ2) is 6.38. The summed E-state index contributed by atoms with van der Waals surface area (Å²) in [5.74, 6) is 0.883. The number of aliphatic imine (C=N–C) groups is 1. The van der Waals surface area contributed by atoms with Gasteiger partial charge < -0.3 is 15.2 Å². The highest BCUT2D eigenvalue weighted by molar-refractivity contribution is 5.88. The Labute approximate surface area is 142 Å². The molecular weight excluding hydrogens is 300 g/mol. The Kier molecular flexibility index (Phi) is 4.08. The van der Waals surface area contributed by atoms with Crippen LogP contribution in [0.5, 0.6) is 0 Å². The van der Waals surface area contributed by atoms with E-state index < -0.39 is 5.60 Å². The van der Waals surface area contributed by atoms with Gasteiger partial charge in [0.1, 0.15) is 11.9 Å². The number of nitrogens with one attached hydrogen (secondary N) is 1. The summed E-state index contributed by atoms with van der Waals surface area (Å²) in [6, 6.07) is 18.5. The molecule has 2 aromatic rings. The summed E-state index contributed by atoms with van der Waals surface area (Å²) in [5.41, 5.74) is 2.44. The molecule has 0 aliphatic carbocycles. The lowest BCUT2D eigenvalue weighted by molar-refractivity contribution is -0.0868. The first-order valence-electron chi connectivity index (χ1n) is 8.53. The van der Waals surface area contributed by atoms with Crippen molar-refractivity contribution in [3.63, 3.8) is 0 Å². The van der Waals surface area contributed by atoms with Crippen LogP contribution in [-0.2, 0) is 10.3 Å². The predicted molar refractivity (Wildman–Crippen MR) is 95.1 cm³/mol. The van der Waals surface area contributed by atoms with Gasteiger partial charge in [-0.05, 0) is 16.7 Å². The molecule has 2 aromatic carbocycles. The molecule has 124 valence electrons. The van der Waals surface area contributed by atoms with Crippen LogP contribution in [0.4, 0.5) is 0 Å². The normalized spacial score (nSPS) is 26.7. The van der Waals surface area contributed by atoms with Gasteiger partial charge in [-0.15, -0.1) is 0 Å². The number of rotatable bonds is 3. The smallest absolute Gasteiger partial charge is 0.126 e. The number of hydrogen-bond acceptors (Lipinski definition) is 4. The molecule has 24 heavy (non-hydrogen) atoms. The average Bonchev–Trinajstić information content (AvgIpc) is 3.17. The van der Waals surface area contributed by atoms with Crippen LogP contribution < -0.4 is 5.32 Å². The van der Waals surface area contributed by atoms with E-state index in [9.17, 15) is 5.11 Å². The van der Waals surface area contributed by atoms with E-state index in [4.69, 9.17) is 4.74 Å². The molecule has 0 amide bonds. The number of benzene rings is 2. The molecular formula is C20H22N2O2. The van der Waals surface area contributed by atoms with Crippen LogP contribution >= 0.6 is 0 Å². The maximum Gasteiger partial charge on any atom is 0.126 e. The van der Waals surface area contributed by atoms with Crippen molar-refractivity contribution in [1.82, 2.24) is 5.32 Å². The topological polar surface area (TPSA) is 53.9 Å². The molecule has 0 spiro atoms. The standard InChI is InChI=1S/C20H22N2O2/c23-20(10-13-24-18(14-20)19-21-11-12-22-19)17-8-6-16(7-9-17)15-4-2-1-3-5-15/h1-9,18,23H,10-14H2,(H,21,22)/t18?,20-/m0/s1. The van der Waals surface area contributed by atoms with Gasteiger partial charge in [-0.3, -0.25) is 4.99 Å². The largest absolute Gasteiger partial charge is 0.385 e. The van der Waals surface area contributed by atoms with Crippen LogP contribution in [0.3, 0.4) is 0 Å². The molecule has 2 atom stereocenters. The molecule has 1 fully saturated rings. The van der Waals surface area contributed by atoms with Crippen LogP contribution in [0, 0.1) is 0 Å². The quantitative estimate of drug-likeness (QED) is 0.913. The molecule has 0 saturated carbocycles. The Morgan fingerprint density at radius 1 is 1.04 bits per heavy atom. The Hall–Kier alpha value is -2.17. The van der Waals surface area contributed by atoms with Crippen molar-refractivity contribution in [3.05, 3.63) is 60.2 Å². The van der Waals surface area contributed by atoms with Crippen LogP contribution in [0.2, 0.25) is 0 Å². The fraction of sp³-hybridized carbons (Fsp3) is 0.350. The third kappa shape index (κ3) is 2.95. The van der Waals surface area contributed by atoms with Gasteiger partial charge in [0, 0.05) is 19.4 Å². The fourth-order valence-corrected chi connectivity index (χ4v) is 3.51.